The Kier molecular flexibility index (Phi) is 5.44. The number of carbonyl (C=O) groups excluding carboxylic acids is 1. The molecule has 0 bridgehead atoms. The van der Waals surface area contributed by atoms with E-state index in [0.29, 0.717) is 28.8 Å². The average Bonchev–Trinajstić information content (AvgIpc) is 3.53. The Bertz CT molecular complexity index is 1550. The third kappa shape index (κ3) is 3.86. The van der Waals surface area contributed by atoms with Crippen molar-refractivity contribution in [2.24, 2.45) is 0 Å². The molecule has 1 atom stereocenters. The highest BCUT2D eigenvalue weighted by Crippen LogP contribution is 2.33. The topological polar surface area (TPSA) is 93.9 Å². The van der Waals surface area contributed by atoms with Crippen LogP contribution in [0.3, 0.4) is 0 Å². The molecule has 1 unspecified atom stereocenters. The van der Waals surface area contributed by atoms with Crippen molar-refractivity contribution in [3.63, 3.8) is 0 Å². The van der Waals surface area contributed by atoms with Gasteiger partial charge in [-0.1, -0.05) is 6.07 Å². The van der Waals surface area contributed by atoms with Crippen LogP contribution >= 0.6 is 11.3 Å². The smallest absolute Gasteiger partial charge is 0.256 e. The van der Waals surface area contributed by atoms with E-state index in [-0.39, 0.29) is 17.1 Å². The number of nitrogens with zero attached hydrogens (tertiary/aromatic N) is 3. The maximum Gasteiger partial charge on any atom is 0.256 e. The molecule has 1 saturated heterocycles. The number of amides is 1. The summed E-state index contributed by atoms with van der Waals surface area (Å²) in [7, 11) is -3.21. The number of rotatable bonds is 4. The van der Waals surface area contributed by atoms with Crippen LogP contribution in [0, 0.1) is 24.4 Å². The largest absolute Gasteiger partial charge is 0.319 e. The second-order valence-electron chi connectivity index (χ2n) is 7.99. The van der Waals surface area contributed by atoms with Crippen molar-refractivity contribution in [2.75, 3.05) is 16.8 Å². The Balaban J connectivity index is 1.66. The van der Waals surface area contributed by atoms with Crippen molar-refractivity contribution in [1.82, 2.24) is 14.8 Å². The lowest BCUT2D eigenvalue weighted by Gasteiger charge is -2.12. The number of halogens is 3. The van der Waals surface area contributed by atoms with Gasteiger partial charge in [-0.05, 0) is 43.0 Å². The average molecular weight is 507 g/mol. The summed E-state index contributed by atoms with van der Waals surface area (Å²) in [5, 5.41) is 8.99. The summed E-state index contributed by atoms with van der Waals surface area (Å²) in [6, 6.07) is 6.36. The van der Waals surface area contributed by atoms with E-state index < -0.39 is 44.9 Å². The molecule has 4 aromatic rings. The lowest BCUT2D eigenvalue weighted by molar-refractivity contribution is 0.102. The first-order chi connectivity index (χ1) is 16.1. The molecule has 5 rings (SSSR count). The van der Waals surface area contributed by atoms with Crippen LogP contribution in [0.4, 0.5) is 18.9 Å². The molecule has 7 nitrogen and oxygen atoms in total. The monoisotopic (exact) mass is 506 g/mol. The van der Waals surface area contributed by atoms with Crippen molar-refractivity contribution >= 4 is 43.8 Å². The molecule has 0 aliphatic carbocycles. The molecular formula is C22H17F3N4O3S2. The summed E-state index contributed by atoms with van der Waals surface area (Å²) in [6.45, 7) is 1.66. The molecule has 0 saturated carbocycles. The Morgan fingerprint density at radius 3 is 2.68 bits per heavy atom. The van der Waals surface area contributed by atoms with E-state index in [1.54, 1.807) is 6.92 Å². The van der Waals surface area contributed by atoms with Gasteiger partial charge in [0.15, 0.2) is 32.9 Å². The van der Waals surface area contributed by atoms with Gasteiger partial charge in [-0.25, -0.2) is 31.3 Å². The molecule has 1 aliphatic heterocycles. The summed E-state index contributed by atoms with van der Waals surface area (Å²) in [6.07, 6.45) is 0.366. The minimum absolute atomic E-state index is 0.0332. The first kappa shape index (κ1) is 22.5. The number of hydrogen-bond acceptors (Lipinski definition) is 6. The van der Waals surface area contributed by atoms with Crippen molar-refractivity contribution in [2.45, 2.75) is 19.4 Å². The zero-order chi connectivity index (χ0) is 24.2. The predicted molar refractivity (Wildman–Crippen MR) is 122 cm³/mol. The third-order valence-corrected chi connectivity index (χ3v) is 8.34. The molecular weight excluding hydrogens is 489 g/mol. The Hall–Kier alpha value is -3.25. The Morgan fingerprint density at radius 2 is 2.00 bits per heavy atom. The van der Waals surface area contributed by atoms with E-state index in [1.165, 1.54) is 22.1 Å². The molecule has 4 heterocycles. The van der Waals surface area contributed by atoms with E-state index in [4.69, 9.17) is 0 Å². The number of anilines is 1. The van der Waals surface area contributed by atoms with E-state index >= 15 is 0 Å². The predicted octanol–water partition coefficient (Wildman–Crippen LogP) is 4.50. The van der Waals surface area contributed by atoms with Crippen molar-refractivity contribution < 1.29 is 26.4 Å². The fourth-order valence-electron chi connectivity index (χ4n) is 4.08. The molecule has 1 N–H and O–H groups in total. The lowest BCUT2D eigenvalue weighted by Crippen LogP contribution is -2.16. The van der Waals surface area contributed by atoms with Gasteiger partial charge < -0.3 is 5.32 Å². The van der Waals surface area contributed by atoms with Gasteiger partial charge in [0.1, 0.15) is 0 Å². The Morgan fingerprint density at radius 1 is 1.21 bits per heavy atom. The van der Waals surface area contributed by atoms with Gasteiger partial charge in [0, 0.05) is 0 Å². The zero-order valence-electron chi connectivity index (χ0n) is 17.7. The minimum atomic E-state index is -3.21. The van der Waals surface area contributed by atoms with Gasteiger partial charge in [0.2, 0.25) is 0 Å². The number of fused-ring (bicyclic) bond motifs is 1. The second-order valence-corrected chi connectivity index (χ2v) is 11.2. The molecule has 176 valence electrons. The molecule has 0 spiro atoms. The number of pyridine rings is 1. The fraction of sp³-hybridized carbons (Fsp3) is 0.227. The van der Waals surface area contributed by atoms with Crippen molar-refractivity contribution in [3.05, 3.63) is 64.4 Å². The number of aromatic nitrogens is 3. The summed E-state index contributed by atoms with van der Waals surface area (Å²) in [4.78, 5) is 18.7. The fourth-order valence-corrected chi connectivity index (χ4v) is 6.46. The molecule has 1 fully saturated rings. The molecule has 34 heavy (non-hydrogen) atoms. The number of hydrogen-bond donors (Lipinski definition) is 1. The van der Waals surface area contributed by atoms with Crippen molar-refractivity contribution in [1.29, 1.82) is 0 Å². The molecule has 1 aliphatic rings. The van der Waals surface area contributed by atoms with Crippen LogP contribution < -0.4 is 5.32 Å². The van der Waals surface area contributed by atoms with Gasteiger partial charge in [-0.3, -0.25) is 4.79 Å². The van der Waals surface area contributed by atoms with Crippen molar-refractivity contribution in [3.8, 4) is 10.6 Å². The maximum atomic E-state index is 14.2. The highest BCUT2D eigenvalue weighted by molar-refractivity contribution is 7.91. The number of sulfone groups is 1. The standard InChI is InChI=1S/C22H17F3N4O3S2/c1-11-18-13(22(30)27-15-5-4-14(23)19(24)20(15)25)9-16(17-3-2-7-33-17)26-21(18)29(28-11)12-6-8-34(31,32)10-12/h2-5,7,9,12H,6,8,10H2,1H3,(H,27,30). The molecule has 1 aromatic carbocycles. The SMILES string of the molecule is Cc1nn(C2CCS(=O)(=O)C2)c2nc(-c3cccs3)cc(C(=O)Nc3ccc(F)c(F)c3F)c12. The second kappa shape index (κ2) is 8.20. The summed E-state index contributed by atoms with van der Waals surface area (Å²) in [5.41, 5.74) is 0.780. The van der Waals surface area contributed by atoms with E-state index in [1.807, 2.05) is 17.5 Å². The molecule has 0 radical (unpaired) electrons. The van der Waals surface area contributed by atoms with E-state index in [2.05, 4.69) is 15.4 Å². The van der Waals surface area contributed by atoms with E-state index in [0.717, 1.165) is 17.0 Å². The van der Waals surface area contributed by atoms with Crippen LogP contribution in [0.2, 0.25) is 0 Å². The number of aryl methyl sites for hydroxylation is 1. The first-order valence-corrected chi connectivity index (χ1v) is 12.9. The number of benzene rings is 1. The van der Waals surface area contributed by atoms with Crippen LogP contribution in [0.1, 0.15) is 28.5 Å². The lowest BCUT2D eigenvalue weighted by atomic mass is 10.1. The van der Waals surface area contributed by atoms with Gasteiger partial charge in [0.05, 0.1) is 50.4 Å². The van der Waals surface area contributed by atoms with Gasteiger partial charge in [0.25, 0.3) is 5.91 Å². The van der Waals surface area contributed by atoms with Crippen LogP contribution in [-0.4, -0.2) is 40.6 Å². The van der Waals surface area contributed by atoms with Crippen LogP contribution in [-0.2, 0) is 9.84 Å². The van der Waals surface area contributed by atoms with Crippen LogP contribution in [0.5, 0.6) is 0 Å². The Labute approximate surface area is 196 Å². The number of carbonyl (C=O) groups is 1. The highest BCUT2D eigenvalue weighted by atomic mass is 32.2. The summed E-state index contributed by atoms with van der Waals surface area (Å²) in [5.74, 6) is -5.40. The van der Waals surface area contributed by atoms with Gasteiger partial charge in [-0.2, -0.15) is 5.10 Å². The summed E-state index contributed by atoms with van der Waals surface area (Å²) >= 11 is 1.39. The van der Waals surface area contributed by atoms with Gasteiger partial charge >= 0.3 is 0 Å². The number of nitrogens with one attached hydrogen (secondary N) is 1. The molecule has 3 aromatic heterocycles. The summed E-state index contributed by atoms with van der Waals surface area (Å²) < 4.78 is 66.8. The maximum absolute atomic E-state index is 14.2. The first-order valence-electron chi connectivity index (χ1n) is 10.2. The normalized spacial score (nSPS) is 17.4. The molecule has 12 heteroatoms. The van der Waals surface area contributed by atoms with Crippen LogP contribution in [0.15, 0.2) is 35.7 Å². The van der Waals surface area contributed by atoms with E-state index in [9.17, 15) is 26.4 Å². The van der Waals surface area contributed by atoms with Crippen LogP contribution in [0.25, 0.3) is 21.6 Å². The quantitative estimate of drug-likeness (QED) is 0.412. The zero-order valence-corrected chi connectivity index (χ0v) is 19.3. The number of thiophene rings is 1. The third-order valence-electron chi connectivity index (χ3n) is 5.69. The highest BCUT2D eigenvalue weighted by Gasteiger charge is 2.32. The molecule has 1 amide bonds. The minimum Gasteiger partial charge on any atom is -0.319 e. The van der Waals surface area contributed by atoms with Gasteiger partial charge in [-0.15, -0.1) is 11.3 Å².